The molecular formula is C18H22N4O2. The fourth-order valence-electron chi connectivity index (χ4n) is 3.55. The molecule has 1 aliphatic heterocycles. The van der Waals surface area contributed by atoms with Gasteiger partial charge in [-0.2, -0.15) is 4.98 Å². The van der Waals surface area contributed by atoms with Crippen LogP contribution in [-0.2, 0) is 16.8 Å². The minimum Gasteiger partial charge on any atom is -0.337 e. The van der Waals surface area contributed by atoms with Crippen molar-refractivity contribution < 1.29 is 9.32 Å². The number of nitrogens with two attached hydrogens (primary N) is 1. The molecule has 2 aliphatic rings. The highest BCUT2D eigenvalue weighted by Crippen LogP contribution is 2.38. The van der Waals surface area contributed by atoms with E-state index in [4.69, 9.17) is 10.3 Å². The standard InChI is InChI=1S/C18H22N4O2/c19-18(9-5-10-18)17-20-16(24-21-17)14-8-4-11-22(14)15(23)12-13-6-2-1-3-7-13/h1-3,6-7,14H,4-5,8-12,19H2. The van der Waals surface area contributed by atoms with E-state index in [0.717, 1.165) is 44.2 Å². The fraction of sp³-hybridized carbons (Fsp3) is 0.500. The zero-order valence-electron chi connectivity index (χ0n) is 13.6. The Bertz CT molecular complexity index is 724. The summed E-state index contributed by atoms with van der Waals surface area (Å²) in [6, 6.07) is 9.69. The van der Waals surface area contributed by atoms with Crippen molar-refractivity contribution in [3.05, 3.63) is 47.6 Å². The van der Waals surface area contributed by atoms with Crippen LogP contribution in [0.2, 0.25) is 0 Å². The third-order valence-corrected chi connectivity index (χ3v) is 5.19. The first kappa shape index (κ1) is 15.3. The molecule has 2 aromatic rings. The number of rotatable bonds is 4. The van der Waals surface area contributed by atoms with Gasteiger partial charge in [-0.05, 0) is 37.7 Å². The normalized spacial score (nSPS) is 22.4. The van der Waals surface area contributed by atoms with E-state index >= 15 is 0 Å². The van der Waals surface area contributed by atoms with Crippen LogP contribution in [0.4, 0.5) is 0 Å². The molecule has 1 saturated carbocycles. The van der Waals surface area contributed by atoms with Gasteiger partial charge in [-0.3, -0.25) is 4.79 Å². The number of carbonyl (C=O) groups is 1. The topological polar surface area (TPSA) is 85.2 Å². The molecule has 2 N–H and O–H groups in total. The summed E-state index contributed by atoms with van der Waals surface area (Å²) in [5.41, 5.74) is 6.86. The lowest BCUT2D eigenvalue weighted by atomic mass is 9.77. The highest BCUT2D eigenvalue weighted by atomic mass is 16.5. The lowest BCUT2D eigenvalue weighted by Gasteiger charge is -2.34. The van der Waals surface area contributed by atoms with Gasteiger partial charge in [0.25, 0.3) is 0 Å². The zero-order valence-corrected chi connectivity index (χ0v) is 13.6. The van der Waals surface area contributed by atoms with Crippen LogP contribution in [0.5, 0.6) is 0 Å². The van der Waals surface area contributed by atoms with Crippen molar-refractivity contribution >= 4 is 5.91 Å². The first-order valence-corrected chi connectivity index (χ1v) is 8.62. The van der Waals surface area contributed by atoms with Crippen molar-refractivity contribution in [1.82, 2.24) is 15.0 Å². The third kappa shape index (κ3) is 2.71. The second-order valence-electron chi connectivity index (χ2n) is 6.87. The second-order valence-corrected chi connectivity index (χ2v) is 6.87. The Hall–Kier alpha value is -2.21. The van der Waals surface area contributed by atoms with Crippen molar-refractivity contribution in [3.63, 3.8) is 0 Å². The summed E-state index contributed by atoms with van der Waals surface area (Å²) in [7, 11) is 0. The molecule has 1 amide bonds. The molecular weight excluding hydrogens is 304 g/mol. The van der Waals surface area contributed by atoms with E-state index in [2.05, 4.69) is 10.1 Å². The summed E-state index contributed by atoms with van der Waals surface area (Å²) in [4.78, 5) is 19.1. The van der Waals surface area contributed by atoms with Gasteiger partial charge in [0.2, 0.25) is 11.8 Å². The van der Waals surface area contributed by atoms with E-state index in [1.165, 1.54) is 0 Å². The molecule has 1 atom stereocenters. The molecule has 0 bridgehead atoms. The monoisotopic (exact) mass is 326 g/mol. The Kier molecular flexibility index (Phi) is 3.84. The molecule has 0 radical (unpaired) electrons. The van der Waals surface area contributed by atoms with E-state index in [1.807, 2.05) is 35.2 Å². The summed E-state index contributed by atoms with van der Waals surface area (Å²) < 4.78 is 5.47. The molecule has 126 valence electrons. The zero-order chi connectivity index (χ0) is 16.6. The molecule has 6 nitrogen and oxygen atoms in total. The smallest absolute Gasteiger partial charge is 0.249 e. The van der Waals surface area contributed by atoms with Gasteiger partial charge in [0.05, 0.1) is 12.0 Å². The van der Waals surface area contributed by atoms with Gasteiger partial charge in [-0.25, -0.2) is 0 Å². The van der Waals surface area contributed by atoms with Crippen LogP contribution < -0.4 is 5.73 Å². The molecule has 1 aromatic carbocycles. The van der Waals surface area contributed by atoms with Gasteiger partial charge >= 0.3 is 0 Å². The van der Waals surface area contributed by atoms with Gasteiger partial charge in [0, 0.05) is 6.54 Å². The van der Waals surface area contributed by atoms with E-state index in [9.17, 15) is 4.79 Å². The van der Waals surface area contributed by atoms with Gasteiger partial charge in [-0.1, -0.05) is 35.5 Å². The minimum atomic E-state index is -0.431. The molecule has 4 rings (SSSR count). The molecule has 6 heteroatoms. The van der Waals surface area contributed by atoms with Crippen LogP contribution in [-0.4, -0.2) is 27.5 Å². The number of benzene rings is 1. The number of carbonyl (C=O) groups excluding carboxylic acids is 1. The van der Waals surface area contributed by atoms with Gasteiger partial charge in [-0.15, -0.1) is 0 Å². The summed E-state index contributed by atoms with van der Waals surface area (Å²) >= 11 is 0. The summed E-state index contributed by atoms with van der Waals surface area (Å²) in [5, 5.41) is 4.08. The Morgan fingerprint density at radius 3 is 2.79 bits per heavy atom. The number of likely N-dealkylation sites (tertiary alicyclic amines) is 1. The lowest BCUT2D eigenvalue weighted by Crippen LogP contribution is -2.44. The number of nitrogens with zero attached hydrogens (tertiary/aromatic N) is 3. The maximum atomic E-state index is 12.7. The molecule has 2 heterocycles. The average molecular weight is 326 g/mol. The van der Waals surface area contributed by atoms with E-state index in [0.29, 0.717) is 18.1 Å². The van der Waals surface area contributed by atoms with Gasteiger partial charge < -0.3 is 15.2 Å². The number of aromatic nitrogens is 2. The molecule has 24 heavy (non-hydrogen) atoms. The van der Waals surface area contributed by atoms with E-state index in [-0.39, 0.29) is 11.9 Å². The summed E-state index contributed by atoms with van der Waals surface area (Å²) in [6.07, 6.45) is 5.11. The molecule has 2 fully saturated rings. The largest absolute Gasteiger partial charge is 0.337 e. The molecule has 1 aliphatic carbocycles. The molecule has 1 unspecified atom stereocenters. The predicted octanol–water partition coefficient (Wildman–Crippen LogP) is 2.31. The van der Waals surface area contributed by atoms with Gasteiger partial charge in [0.15, 0.2) is 5.82 Å². The van der Waals surface area contributed by atoms with Crippen LogP contribution in [0.3, 0.4) is 0 Å². The highest BCUT2D eigenvalue weighted by molar-refractivity contribution is 5.79. The first-order chi connectivity index (χ1) is 11.7. The molecule has 0 spiro atoms. The minimum absolute atomic E-state index is 0.106. The van der Waals surface area contributed by atoms with Crippen LogP contribution in [0.25, 0.3) is 0 Å². The Balaban J connectivity index is 1.49. The number of amides is 1. The van der Waals surface area contributed by atoms with Crippen molar-refractivity contribution in [1.29, 1.82) is 0 Å². The summed E-state index contributed by atoms with van der Waals surface area (Å²) in [5.74, 6) is 1.22. The second kappa shape index (κ2) is 6.02. The number of hydrogen-bond donors (Lipinski definition) is 1. The average Bonchev–Trinajstić information content (AvgIpc) is 3.22. The Morgan fingerprint density at radius 1 is 1.29 bits per heavy atom. The van der Waals surface area contributed by atoms with E-state index < -0.39 is 5.54 Å². The fourth-order valence-corrected chi connectivity index (χ4v) is 3.55. The number of hydrogen-bond acceptors (Lipinski definition) is 5. The molecule has 1 aromatic heterocycles. The van der Waals surface area contributed by atoms with Crippen LogP contribution in [0.15, 0.2) is 34.9 Å². The Labute approximate surface area is 141 Å². The maximum Gasteiger partial charge on any atom is 0.249 e. The predicted molar refractivity (Wildman–Crippen MR) is 87.8 cm³/mol. The highest BCUT2D eigenvalue weighted by Gasteiger charge is 2.41. The maximum absolute atomic E-state index is 12.7. The lowest BCUT2D eigenvalue weighted by molar-refractivity contribution is -0.131. The van der Waals surface area contributed by atoms with Crippen LogP contribution >= 0.6 is 0 Å². The van der Waals surface area contributed by atoms with Gasteiger partial charge in [0.1, 0.15) is 6.04 Å². The van der Waals surface area contributed by atoms with Crippen LogP contribution in [0, 0.1) is 0 Å². The van der Waals surface area contributed by atoms with Crippen molar-refractivity contribution in [2.45, 2.75) is 50.1 Å². The first-order valence-electron chi connectivity index (χ1n) is 8.62. The molecule has 1 saturated heterocycles. The van der Waals surface area contributed by atoms with Crippen molar-refractivity contribution in [2.75, 3.05) is 6.54 Å². The Morgan fingerprint density at radius 2 is 2.08 bits per heavy atom. The van der Waals surface area contributed by atoms with Crippen molar-refractivity contribution in [3.8, 4) is 0 Å². The van der Waals surface area contributed by atoms with Crippen LogP contribution in [0.1, 0.15) is 55.4 Å². The quantitative estimate of drug-likeness (QED) is 0.932. The summed E-state index contributed by atoms with van der Waals surface area (Å²) in [6.45, 7) is 0.738. The third-order valence-electron chi connectivity index (χ3n) is 5.19. The van der Waals surface area contributed by atoms with E-state index in [1.54, 1.807) is 0 Å². The SMILES string of the molecule is NC1(c2noc(C3CCCN3C(=O)Cc3ccccc3)n2)CCC1. The van der Waals surface area contributed by atoms with Crippen molar-refractivity contribution in [2.24, 2.45) is 5.73 Å².